The van der Waals surface area contributed by atoms with Crippen molar-refractivity contribution in [3.63, 3.8) is 0 Å². The zero-order valence-corrected chi connectivity index (χ0v) is 15.5. The molecule has 0 atom stereocenters. The van der Waals surface area contributed by atoms with Crippen molar-refractivity contribution in [2.24, 2.45) is 0 Å². The number of hydrogen-bond donors (Lipinski definition) is 3. The van der Waals surface area contributed by atoms with E-state index in [4.69, 9.17) is 20.1 Å². The molecular formula is C19H39NaO5. The normalized spacial score (nSPS) is 9.64. The molecule has 0 rings (SSSR count). The fourth-order valence-electron chi connectivity index (χ4n) is 2.65. The molecule has 0 aliphatic carbocycles. The monoisotopic (exact) mass is 370 g/mol. The molecular weight excluding hydrogens is 331 g/mol. The van der Waals surface area contributed by atoms with E-state index < -0.39 is 12.1 Å². The number of unbranched alkanes of at least 4 members (excludes halogenated alkanes) is 14. The molecule has 0 spiro atoms. The van der Waals surface area contributed by atoms with Crippen molar-refractivity contribution in [3.8, 4) is 0 Å². The topological polar surface area (TPSA) is 94.8 Å². The second-order valence-corrected chi connectivity index (χ2v) is 6.38. The summed E-state index contributed by atoms with van der Waals surface area (Å²) in [6, 6.07) is 0. The van der Waals surface area contributed by atoms with Crippen LogP contribution in [0.1, 0.15) is 110 Å². The molecule has 0 saturated carbocycles. The average Bonchev–Trinajstić information content (AvgIpc) is 2.50. The van der Waals surface area contributed by atoms with Gasteiger partial charge in [-0.05, 0) is 6.42 Å². The van der Waals surface area contributed by atoms with Crippen molar-refractivity contribution in [1.29, 1.82) is 0 Å². The van der Waals surface area contributed by atoms with E-state index in [1.165, 1.54) is 83.5 Å². The first kappa shape index (κ1) is 29.5. The molecule has 146 valence electrons. The van der Waals surface area contributed by atoms with Crippen LogP contribution in [0.5, 0.6) is 0 Å². The summed E-state index contributed by atoms with van der Waals surface area (Å²) < 4.78 is 0. The van der Waals surface area contributed by atoms with Crippen LogP contribution in [0.4, 0.5) is 4.79 Å². The van der Waals surface area contributed by atoms with Gasteiger partial charge >= 0.3 is 41.7 Å². The molecule has 0 aromatic heterocycles. The molecule has 0 heterocycles. The molecule has 25 heavy (non-hydrogen) atoms. The molecule has 0 aliphatic rings. The molecule has 0 bridgehead atoms. The summed E-state index contributed by atoms with van der Waals surface area (Å²) in [7, 11) is 0. The van der Waals surface area contributed by atoms with Gasteiger partial charge in [0.2, 0.25) is 0 Å². The van der Waals surface area contributed by atoms with Gasteiger partial charge < -0.3 is 15.3 Å². The zero-order chi connectivity index (χ0) is 18.5. The molecule has 3 N–H and O–H groups in total. The van der Waals surface area contributed by atoms with Crippen LogP contribution < -0.4 is 0 Å². The second-order valence-electron chi connectivity index (χ2n) is 6.38. The number of carboxylic acid groups (broad SMARTS) is 3. The standard InChI is InChI=1S/C18H36O2.CH2O3.Na.H/c1-2-3-4-5-6-7-8-9-10-11-12-13-14-15-16-17-18(19)20;2-1(3)4;;/h2-17H2,1H3,(H,19,20);(H2,2,3,4);;. The van der Waals surface area contributed by atoms with E-state index in [9.17, 15) is 4.79 Å². The Morgan fingerprint density at radius 2 is 0.800 bits per heavy atom. The third-order valence-electron chi connectivity index (χ3n) is 3.99. The van der Waals surface area contributed by atoms with Gasteiger partial charge in [0.15, 0.2) is 0 Å². The van der Waals surface area contributed by atoms with Gasteiger partial charge in [-0.2, -0.15) is 0 Å². The minimum absolute atomic E-state index is 0. The molecule has 0 amide bonds. The molecule has 0 unspecified atom stereocenters. The fourth-order valence-corrected chi connectivity index (χ4v) is 2.65. The van der Waals surface area contributed by atoms with Crippen molar-refractivity contribution in [3.05, 3.63) is 0 Å². The molecule has 0 fully saturated rings. The van der Waals surface area contributed by atoms with Crippen molar-refractivity contribution in [2.75, 3.05) is 0 Å². The summed E-state index contributed by atoms with van der Waals surface area (Å²) in [5.74, 6) is -0.653. The molecule has 6 heteroatoms. The van der Waals surface area contributed by atoms with Gasteiger partial charge in [0.25, 0.3) is 0 Å². The van der Waals surface area contributed by atoms with Crippen LogP contribution >= 0.6 is 0 Å². The van der Waals surface area contributed by atoms with Gasteiger partial charge in [0.05, 0.1) is 0 Å². The van der Waals surface area contributed by atoms with E-state index in [0.29, 0.717) is 6.42 Å². The SMILES string of the molecule is CCCCCCCCCCCCCCCCCC(=O)O.O=C(O)O.[NaH]. The summed E-state index contributed by atoms with van der Waals surface area (Å²) in [5.41, 5.74) is 0. The first-order valence-electron chi connectivity index (χ1n) is 9.64. The number of carbonyl (C=O) groups is 2. The molecule has 0 radical (unpaired) electrons. The summed E-state index contributed by atoms with van der Waals surface area (Å²) in [4.78, 5) is 18.9. The van der Waals surface area contributed by atoms with Crippen molar-refractivity contribution in [2.45, 2.75) is 110 Å². The minimum atomic E-state index is -1.83. The van der Waals surface area contributed by atoms with Crippen LogP contribution in [-0.2, 0) is 4.79 Å². The van der Waals surface area contributed by atoms with Crippen LogP contribution in [0, 0.1) is 0 Å². The van der Waals surface area contributed by atoms with E-state index in [0.717, 1.165) is 12.8 Å². The van der Waals surface area contributed by atoms with Crippen LogP contribution in [-0.4, -0.2) is 57.0 Å². The van der Waals surface area contributed by atoms with Crippen molar-refractivity contribution >= 4 is 41.7 Å². The number of aliphatic carboxylic acids is 1. The maximum absolute atomic E-state index is 10.3. The van der Waals surface area contributed by atoms with Crippen LogP contribution in [0.3, 0.4) is 0 Å². The summed E-state index contributed by atoms with van der Waals surface area (Å²) >= 11 is 0. The van der Waals surface area contributed by atoms with Crippen LogP contribution in [0.15, 0.2) is 0 Å². The third-order valence-corrected chi connectivity index (χ3v) is 3.99. The molecule has 0 saturated heterocycles. The second kappa shape index (κ2) is 26.0. The first-order valence-corrected chi connectivity index (χ1v) is 9.64. The Labute approximate surface area is 175 Å². The van der Waals surface area contributed by atoms with Gasteiger partial charge in [-0.25, -0.2) is 4.79 Å². The molecule has 5 nitrogen and oxygen atoms in total. The Morgan fingerprint density at radius 3 is 1.04 bits per heavy atom. The van der Waals surface area contributed by atoms with Crippen molar-refractivity contribution < 1.29 is 24.9 Å². The number of hydrogen-bond acceptors (Lipinski definition) is 2. The Bertz CT molecular complexity index is 281. The fraction of sp³-hybridized carbons (Fsp3) is 0.895. The van der Waals surface area contributed by atoms with Gasteiger partial charge in [0.1, 0.15) is 0 Å². The average molecular weight is 371 g/mol. The summed E-state index contributed by atoms with van der Waals surface area (Å²) in [6.07, 6.45) is 18.4. The van der Waals surface area contributed by atoms with E-state index in [-0.39, 0.29) is 29.6 Å². The van der Waals surface area contributed by atoms with Gasteiger partial charge in [-0.15, -0.1) is 0 Å². The Kier molecular flexibility index (Phi) is 30.7. The predicted molar refractivity (Wildman–Crippen MR) is 105 cm³/mol. The maximum atomic E-state index is 10.3. The van der Waals surface area contributed by atoms with E-state index in [1.54, 1.807) is 0 Å². The summed E-state index contributed by atoms with van der Waals surface area (Å²) in [5, 5.41) is 22.5. The van der Waals surface area contributed by atoms with Crippen LogP contribution in [0.2, 0.25) is 0 Å². The van der Waals surface area contributed by atoms with Gasteiger partial charge in [-0.1, -0.05) is 96.8 Å². The van der Waals surface area contributed by atoms with Gasteiger partial charge in [0, 0.05) is 6.42 Å². The quantitative estimate of drug-likeness (QED) is 0.232. The Morgan fingerprint density at radius 1 is 0.560 bits per heavy atom. The first-order chi connectivity index (χ1) is 11.5. The number of rotatable bonds is 16. The van der Waals surface area contributed by atoms with E-state index in [2.05, 4.69) is 6.92 Å². The van der Waals surface area contributed by atoms with Crippen molar-refractivity contribution in [1.82, 2.24) is 0 Å². The molecule has 0 aliphatic heterocycles. The van der Waals surface area contributed by atoms with E-state index in [1.807, 2.05) is 0 Å². The molecule has 0 aromatic carbocycles. The predicted octanol–water partition coefficient (Wildman–Crippen LogP) is 5.91. The Hall–Kier alpha value is -0.260. The Balaban J connectivity index is -0.000000867. The van der Waals surface area contributed by atoms with Gasteiger partial charge in [-0.3, -0.25) is 4.79 Å². The molecule has 0 aromatic rings. The zero-order valence-electron chi connectivity index (χ0n) is 15.5. The van der Waals surface area contributed by atoms with Crippen LogP contribution in [0.25, 0.3) is 0 Å². The summed E-state index contributed by atoms with van der Waals surface area (Å²) in [6.45, 7) is 2.27. The van der Waals surface area contributed by atoms with E-state index >= 15 is 0 Å². The third kappa shape index (κ3) is 40.0. The number of carboxylic acids is 1.